The Morgan fingerprint density at radius 2 is 2.04 bits per heavy atom. The molecule has 1 aliphatic carbocycles. The Kier molecular flexibility index (Phi) is 6.65. The Balaban J connectivity index is 1.50. The fourth-order valence-corrected chi connectivity index (χ4v) is 3.87. The van der Waals surface area contributed by atoms with Gasteiger partial charge in [0.2, 0.25) is 5.91 Å². The van der Waals surface area contributed by atoms with Gasteiger partial charge in [0.25, 0.3) is 0 Å². The Labute approximate surface area is 151 Å². The molecule has 1 aromatic rings. The van der Waals surface area contributed by atoms with E-state index >= 15 is 0 Å². The summed E-state index contributed by atoms with van der Waals surface area (Å²) >= 11 is 0. The number of hydrogen-bond acceptors (Lipinski definition) is 3. The zero-order valence-corrected chi connectivity index (χ0v) is 15.4. The zero-order valence-electron chi connectivity index (χ0n) is 15.4. The number of carbonyl (C=O) groups excluding carboxylic acids is 1. The lowest BCUT2D eigenvalue weighted by molar-refractivity contribution is -0.123. The van der Waals surface area contributed by atoms with Crippen LogP contribution in [-0.4, -0.2) is 55.5 Å². The van der Waals surface area contributed by atoms with Gasteiger partial charge in [-0.05, 0) is 44.7 Å². The van der Waals surface area contributed by atoms with Gasteiger partial charge in [-0.1, -0.05) is 42.0 Å². The number of piperazine rings is 1. The first kappa shape index (κ1) is 18.2. The molecule has 3 rings (SSSR count). The lowest BCUT2D eigenvalue weighted by Crippen LogP contribution is -2.50. The summed E-state index contributed by atoms with van der Waals surface area (Å²) in [6.45, 7) is 4.20. The summed E-state index contributed by atoms with van der Waals surface area (Å²) in [5.74, 6) is 0.155. The lowest BCUT2D eigenvalue weighted by atomic mass is 9.97. The van der Waals surface area contributed by atoms with Gasteiger partial charge < -0.3 is 10.2 Å². The molecule has 1 N–H and O–H groups in total. The minimum atomic E-state index is 0.155. The molecule has 1 saturated heterocycles. The molecule has 0 bridgehead atoms. The Morgan fingerprint density at radius 1 is 1.20 bits per heavy atom. The second kappa shape index (κ2) is 9.16. The van der Waals surface area contributed by atoms with Crippen molar-refractivity contribution in [1.29, 1.82) is 0 Å². The number of amides is 1. The molecule has 136 valence electrons. The van der Waals surface area contributed by atoms with Crippen LogP contribution in [0.1, 0.15) is 43.7 Å². The highest BCUT2D eigenvalue weighted by Crippen LogP contribution is 2.24. The average molecular weight is 341 g/mol. The summed E-state index contributed by atoms with van der Waals surface area (Å²) in [4.78, 5) is 17.1. The summed E-state index contributed by atoms with van der Waals surface area (Å²) in [5, 5.41) is 3.13. The molecule has 4 nitrogen and oxygen atoms in total. The molecule has 1 amide bonds. The summed E-state index contributed by atoms with van der Waals surface area (Å²) in [5.41, 5.74) is 2.82. The van der Waals surface area contributed by atoms with Crippen LogP contribution >= 0.6 is 0 Å². The Hall–Kier alpha value is -1.65. The van der Waals surface area contributed by atoms with Crippen molar-refractivity contribution in [3.8, 4) is 0 Å². The average Bonchev–Trinajstić information content (AvgIpc) is 2.65. The van der Waals surface area contributed by atoms with Crippen LogP contribution in [0.2, 0.25) is 0 Å². The Bertz CT molecular complexity index is 584. The molecule has 0 radical (unpaired) electrons. The molecular weight excluding hydrogens is 310 g/mol. The van der Waals surface area contributed by atoms with Gasteiger partial charge in [0.05, 0.1) is 6.54 Å². The van der Waals surface area contributed by atoms with Gasteiger partial charge in [-0.3, -0.25) is 9.69 Å². The maximum absolute atomic E-state index is 12.4. The summed E-state index contributed by atoms with van der Waals surface area (Å²) in [6.07, 6.45) is 8.42. The van der Waals surface area contributed by atoms with Gasteiger partial charge in [-0.25, -0.2) is 0 Å². The van der Waals surface area contributed by atoms with Gasteiger partial charge in [0, 0.05) is 32.2 Å². The van der Waals surface area contributed by atoms with E-state index in [0.29, 0.717) is 12.6 Å². The fraction of sp³-hybridized carbons (Fsp3) is 0.571. The molecule has 25 heavy (non-hydrogen) atoms. The van der Waals surface area contributed by atoms with Crippen molar-refractivity contribution in [2.45, 2.75) is 38.1 Å². The van der Waals surface area contributed by atoms with E-state index in [2.05, 4.69) is 52.5 Å². The van der Waals surface area contributed by atoms with Crippen molar-refractivity contribution >= 4 is 5.91 Å². The highest BCUT2D eigenvalue weighted by molar-refractivity contribution is 5.78. The quantitative estimate of drug-likeness (QED) is 0.808. The van der Waals surface area contributed by atoms with Crippen LogP contribution in [0, 0.1) is 0 Å². The van der Waals surface area contributed by atoms with E-state index in [9.17, 15) is 4.79 Å². The van der Waals surface area contributed by atoms with Crippen LogP contribution in [0.3, 0.4) is 0 Å². The first-order valence-corrected chi connectivity index (χ1v) is 9.64. The van der Waals surface area contributed by atoms with Crippen LogP contribution < -0.4 is 5.32 Å². The van der Waals surface area contributed by atoms with E-state index in [1.165, 1.54) is 36.8 Å². The number of likely N-dealkylation sites (N-methyl/N-ethyl adjacent to an activating group) is 1. The van der Waals surface area contributed by atoms with E-state index in [0.717, 1.165) is 32.6 Å². The van der Waals surface area contributed by atoms with Crippen LogP contribution in [0.5, 0.6) is 0 Å². The molecule has 1 fully saturated rings. The second-order valence-electron chi connectivity index (χ2n) is 7.37. The zero-order chi connectivity index (χ0) is 17.5. The number of nitrogens with zero attached hydrogens (tertiary/aromatic N) is 2. The third kappa shape index (κ3) is 5.41. The Morgan fingerprint density at radius 3 is 2.80 bits per heavy atom. The minimum Gasteiger partial charge on any atom is -0.355 e. The number of rotatable bonds is 6. The van der Waals surface area contributed by atoms with Crippen molar-refractivity contribution in [3.63, 3.8) is 0 Å². The molecule has 0 aromatic heterocycles. The van der Waals surface area contributed by atoms with E-state index in [4.69, 9.17) is 0 Å². The molecule has 1 heterocycles. The number of carbonyl (C=O) groups is 1. The molecular formula is C21H31N3O. The smallest absolute Gasteiger partial charge is 0.234 e. The van der Waals surface area contributed by atoms with Crippen molar-refractivity contribution in [1.82, 2.24) is 15.1 Å². The van der Waals surface area contributed by atoms with E-state index in [-0.39, 0.29) is 5.91 Å². The lowest BCUT2D eigenvalue weighted by Gasteiger charge is -2.40. The third-order valence-electron chi connectivity index (χ3n) is 5.38. The predicted octanol–water partition coefficient (Wildman–Crippen LogP) is 2.98. The van der Waals surface area contributed by atoms with E-state index in [1.807, 2.05) is 6.07 Å². The number of nitrogens with one attached hydrogen (secondary N) is 1. The van der Waals surface area contributed by atoms with Gasteiger partial charge in [-0.15, -0.1) is 0 Å². The standard InChI is InChI=1S/C21H31N3O/c1-23-14-15-24(20(16-23)19-10-6-3-7-11-19)17-21(25)22-13-12-18-8-4-2-5-9-18/h3,6-8,10-11,20H,2,4-5,9,12-17H2,1H3,(H,22,25). The summed E-state index contributed by atoms with van der Waals surface area (Å²) in [6, 6.07) is 10.9. The third-order valence-corrected chi connectivity index (χ3v) is 5.38. The van der Waals surface area contributed by atoms with Crippen molar-refractivity contribution < 1.29 is 4.79 Å². The fourth-order valence-electron chi connectivity index (χ4n) is 3.87. The number of allylic oxidation sites excluding steroid dienone is 1. The molecule has 0 spiro atoms. The molecule has 1 aromatic carbocycles. The first-order chi connectivity index (χ1) is 12.2. The molecule has 1 unspecified atom stereocenters. The highest BCUT2D eigenvalue weighted by atomic mass is 16.2. The van der Waals surface area contributed by atoms with Crippen molar-refractivity contribution in [2.75, 3.05) is 39.8 Å². The topological polar surface area (TPSA) is 35.6 Å². The van der Waals surface area contributed by atoms with Crippen LogP contribution in [0.4, 0.5) is 0 Å². The van der Waals surface area contributed by atoms with E-state index < -0.39 is 0 Å². The molecule has 0 saturated carbocycles. The SMILES string of the molecule is CN1CCN(CC(=O)NCCC2=CCCCC2)C(c2ccccc2)C1. The molecule has 2 aliphatic rings. The van der Waals surface area contributed by atoms with Crippen molar-refractivity contribution in [3.05, 3.63) is 47.5 Å². The van der Waals surface area contributed by atoms with Gasteiger partial charge in [0.15, 0.2) is 0 Å². The number of hydrogen-bond donors (Lipinski definition) is 1. The molecule has 1 atom stereocenters. The molecule has 1 aliphatic heterocycles. The number of benzene rings is 1. The first-order valence-electron chi connectivity index (χ1n) is 9.64. The molecule has 4 heteroatoms. The van der Waals surface area contributed by atoms with Crippen LogP contribution in [0.15, 0.2) is 42.0 Å². The van der Waals surface area contributed by atoms with Crippen LogP contribution in [0.25, 0.3) is 0 Å². The van der Waals surface area contributed by atoms with Crippen LogP contribution in [-0.2, 0) is 4.79 Å². The predicted molar refractivity (Wildman–Crippen MR) is 102 cm³/mol. The van der Waals surface area contributed by atoms with Gasteiger partial charge >= 0.3 is 0 Å². The maximum atomic E-state index is 12.4. The van der Waals surface area contributed by atoms with Crippen molar-refractivity contribution in [2.24, 2.45) is 0 Å². The second-order valence-corrected chi connectivity index (χ2v) is 7.37. The largest absolute Gasteiger partial charge is 0.355 e. The minimum absolute atomic E-state index is 0.155. The van der Waals surface area contributed by atoms with E-state index in [1.54, 1.807) is 0 Å². The maximum Gasteiger partial charge on any atom is 0.234 e. The summed E-state index contributed by atoms with van der Waals surface area (Å²) in [7, 11) is 2.16. The normalized spacial score (nSPS) is 22.4. The summed E-state index contributed by atoms with van der Waals surface area (Å²) < 4.78 is 0. The van der Waals surface area contributed by atoms with Gasteiger partial charge in [0.1, 0.15) is 0 Å². The van der Waals surface area contributed by atoms with Gasteiger partial charge in [-0.2, -0.15) is 0 Å². The highest BCUT2D eigenvalue weighted by Gasteiger charge is 2.27. The monoisotopic (exact) mass is 341 g/mol.